The van der Waals surface area contributed by atoms with Gasteiger partial charge in [0.05, 0.1) is 13.2 Å². The molecule has 0 aliphatic rings. The van der Waals surface area contributed by atoms with Crippen LogP contribution in [0.3, 0.4) is 0 Å². The molecule has 1 rings (SSSR count). The number of esters is 1. The molecule has 1 aromatic rings. The summed E-state index contributed by atoms with van der Waals surface area (Å²) in [5, 5.41) is 16.9. The van der Waals surface area contributed by atoms with Gasteiger partial charge in [-0.3, -0.25) is 4.79 Å². The number of carbonyl (C=O) groups excluding carboxylic acids is 1. The van der Waals surface area contributed by atoms with Crippen LogP contribution in [0.15, 0.2) is 35.3 Å². The number of hydrogen-bond acceptors (Lipinski definition) is 4. The molecule has 1 atom stereocenters. The summed E-state index contributed by atoms with van der Waals surface area (Å²) in [4.78, 5) is 15.7. The minimum atomic E-state index is -1.03. The maximum absolute atomic E-state index is 11.3. The van der Waals surface area contributed by atoms with Gasteiger partial charge in [-0.15, -0.1) is 24.0 Å². The maximum atomic E-state index is 11.3. The third-order valence-corrected chi connectivity index (χ3v) is 3.44. The zero-order chi connectivity index (χ0) is 17.8. The van der Waals surface area contributed by atoms with E-state index in [0.717, 1.165) is 12.1 Å². The first-order valence-corrected chi connectivity index (χ1v) is 8.45. The molecular weight excluding hydrogens is 433 g/mol. The van der Waals surface area contributed by atoms with E-state index in [4.69, 9.17) is 4.74 Å². The van der Waals surface area contributed by atoms with E-state index < -0.39 is 5.60 Å². The average Bonchev–Trinajstić information content (AvgIpc) is 2.57. The van der Waals surface area contributed by atoms with Crippen molar-refractivity contribution in [3.63, 3.8) is 0 Å². The predicted molar refractivity (Wildman–Crippen MR) is 111 cm³/mol. The molecule has 0 aliphatic carbocycles. The van der Waals surface area contributed by atoms with Crippen molar-refractivity contribution in [3.8, 4) is 0 Å². The van der Waals surface area contributed by atoms with Gasteiger partial charge < -0.3 is 20.5 Å². The highest BCUT2D eigenvalue weighted by atomic mass is 127. The molecule has 0 spiro atoms. The van der Waals surface area contributed by atoms with E-state index in [0.29, 0.717) is 32.0 Å². The Kier molecular flexibility index (Phi) is 12.2. The van der Waals surface area contributed by atoms with Crippen molar-refractivity contribution in [2.75, 3.05) is 26.2 Å². The van der Waals surface area contributed by atoms with Crippen LogP contribution in [0.5, 0.6) is 0 Å². The molecule has 142 valence electrons. The Labute approximate surface area is 167 Å². The quantitative estimate of drug-likeness (QED) is 0.172. The Hall–Kier alpha value is -1.35. The second-order valence-corrected chi connectivity index (χ2v) is 5.67. The van der Waals surface area contributed by atoms with Crippen molar-refractivity contribution in [1.82, 2.24) is 10.6 Å². The van der Waals surface area contributed by atoms with Gasteiger partial charge >= 0.3 is 5.97 Å². The summed E-state index contributed by atoms with van der Waals surface area (Å²) >= 11 is 0. The van der Waals surface area contributed by atoms with Gasteiger partial charge in [0.15, 0.2) is 5.96 Å². The second kappa shape index (κ2) is 12.9. The Bertz CT molecular complexity index is 522. The van der Waals surface area contributed by atoms with Crippen LogP contribution >= 0.6 is 24.0 Å². The van der Waals surface area contributed by atoms with E-state index in [1.54, 1.807) is 13.8 Å². The number of nitrogens with one attached hydrogen (secondary N) is 2. The number of guanidine groups is 1. The first-order valence-electron chi connectivity index (χ1n) is 8.45. The topological polar surface area (TPSA) is 83.0 Å². The van der Waals surface area contributed by atoms with E-state index in [2.05, 4.69) is 15.6 Å². The van der Waals surface area contributed by atoms with Gasteiger partial charge in [0, 0.05) is 19.5 Å². The van der Waals surface area contributed by atoms with Gasteiger partial charge in [0.1, 0.15) is 5.60 Å². The smallest absolute Gasteiger partial charge is 0.305 e. The van der Waals surface area contributed by atoms with Crippen LogP contribution in [0.25, 0.3) is 0 Å². The number of rotatable bonds is 9. The van der Waals surface area contributed by atoms with Crippen LogP contribution < -0.4 is 10.6 Å². The van der Waals surface area contributed by atoms with Gasteiger partial charge in [0.2, 0.25) is 0 Å². The molecule has 0 fully saturated rings. The average molecular weight is 463 g/mol. The predicted octanol–water partition coefficient (Wildman–Crippen LogP) is 2.41. The van der Waals surface area contributed by atoms with Crippen LogP contribution in [-0.2, 0) is 15.1 Å². The van der Waals surface area contributed by atoms with Gasteiger partial charge in [-0.2, -0.15) is 0 Å². The Balaban J connectivity index is 0.00000576. The number of carbonyl (C=O) groups is 1. The zero-order valence-electron chi connectivity index (χ0n) is 15.2. The standard InChI is InChI=1S/C18H29N3O3.HI/c1-4-19-17(20-13-9-12-16(22)24-5-2)21-14-18(3,23)15-10-7-6-8-11-15;/h6-8,10-11,23H,4-5,9,12-14H2,1-3H3,(H2,19,20,21);1H. The number of nitrogens with zero attached hydrogens (tertiary/aromatic N) is 1. The minimum Gasteiger partial charge on any atom is -0.466 e. The van der Waals surface area contributed by atoms with Crippen LogP contribution in [-0.4, -0.2) is 43.3 Å². The van der Waals surface area contributed by atoms with Crippen LogP contribution in [0.2, 0.25) is 0 Å². The van der Waals surface area contributed by atoms with Gasteiger partial charge in [-0.1, -0.05) is 30.3 Å². The van der Waals surface area contributed by atoms with E-state index >= 15 is 0 Å². The highest BCUT2D eigenvalue weighted by Gasteiger charge is 2.22. The molecule has 3 N–H and O–H groups in total. The van der Waals surface area contributed by atoms with Crippen molar-refractivity contribution in [2.45, 2.75) is 39.2 Å². The lowest BCUT2D eigenvalue weighted by atomic mass is 9.96. The number of halogens is 1. The summed E-state index contributed by atoms with van der Waals surface area (Å²) in [6, 6.07) is 9.47. The van der Waals surface area contributed by atoms with Crippen LogP contribution in [0.4, 0.5) is 0 Å². The highest BCUT2D eigenvalue weighted by Crippen LogP contribution is 2.20. The fourth-order valence-electron chi connectivity index (χ4n) is 2.14. The van der Waals surface area contributed by atoms with E-state index in [1.165, 1.54) is 0 Å². The third kappa shape index (κ3) is 9.64. The molecule has 1 aromatic carbocycles. The monoisotopic (exact) mass is 463 g/mol. The van der Waals surface area contributed by atoms with Crippen molar-refractivity contribution < 1.29 is 14.6 Å². The lowest BCUT2D eigenvalue weighted by Gasteiger charge is -2.22. The molecule has 6 nitrogen and oxygen atoms in total. The molecule has 0 radical (unpaired) electrons. The highest BCUT2D eigenvalue weighted by molar-refractivity contribution is 14.0. The molecule has 0 amide bonds. The Morgan fingerprint density at radius 2 is 1.92 bits per heavy atom. The molecule has 0 saturated carbocycles. The fourth-order valence-corrected chi connectivity index (χ4v) is 2.14. The number of ether oxygens (including phenoxy) is 1. The summed E-state index contributed by atoms with van der Waals surface area (Å²) in [6.07, 6.45) is 1.04. The van der Waals surface area contributed by atoms with E-state index in [-0.39, 0.29) is 36.5 Å². The molecule has 0 saturated heterocycles. The maximum Gasteiger partial charge on any atom is 0.305 e. The largest absolute Gasteiger partial charge is 0.466 e. The molecular formula is C18H30IN3O3. The summed E-state index contributed by atoms with van der Waals surface area (Å²) in [5.74, 6) is 0.436. The molecule has 0 bridgehead atoms. The van der Waals surface area contributed by atoms with Gasteiger partial charge in [0.25, 0.3) is 0 Å². The second-order valence-electron chi connectivity index (χ2n) is 5.67. The first-order chi connectivity index (χ1) is 11.5. The molecule has 0 heterocycles. The number of hydrogen-bond donors (Lipinski definition) is 3. The van der Waals surface area contributed by atoms with Crippen LogP contribution in [0, 0.1) is 0 Å². The molecule has 0 aromatic heterocycles. The normalized spacial score (nSPS) is 13.4. The summed E-state index contributed by atoms with van der Waals surface area (Å²) in [7, 11) is 0. The zero-order valence-corrected chi connectivity index (χ0v) is 17.6. The molecule has 7 heteroatoms. The van der Waals surface area contributed by atoms with Crippen molar-refractivity contribution in [3.05, 3.63) is 35.9 Å². The fraction of sp³-hybridized carbons (Fsp3) is 0.556. The Morgan fingerprint density at radius 3 is 2.52 bits per heavy atom. The van der Waals surface area contributed by atoms with E-state index in [1.807, 2.05) is 37.3 Å². The van der Waals surface area contributed by atoms with Crippen LogP contribution in [0.1, 0.15) is 39.2 Å². The van der Waals surface area contributed by atoms with Crippen molar-refractivity contribution >= 4 is 35.9 Å². The van der Waals surface area contributed by atoms with E-state index in [9.17, 15) is 9.90 Å². The molecule has 1 unspecified atom stereocenters. The minimum absolute atomic E-state index is 0. The van der Waals surface area contributed by atoms with Crippen molar-refractivity contribution in [1.29, 1.82) is 0 Å². The van der Waals surface area contributed by atoms with Crippen molar-refractivity contribution in [2.24, 2.45) is 4.99 Å². The summed E-state index contributed by atoms with van der Waals surface area (Å²) in [5.41, 5.74) is -0.207. The SMILES string of the molecule is CCNC(=NCC(C)(O)c1ccccc1)NCCCC(=O)OCC.I. The summed E-state index contributed by atoms with van der Waals surface area (Å²) < 4.78 is 4.89. The van der Waals surface area contributed by atoms with Gasteiger partial charge in [-0.05, 0) is 32.8 Å². The number of benzene rings is 1. The lowest BCUT2D eigenvalue weighted by Crippen LogP contribution is -2.39. The first kappa shape index (κ1) is 23.6. The number of aliphatic imine (C=N–C) groups is 1. The molecule has 25 heavy (non-hydrogen) atoms. The third-order valence-electron chi connectivity index (χ3n) is 3.44. The molecule has 0 aliphatic heterocycles. The van der Waals surface area contributed by atoms with Gasteiger partial charge in [-0.25, -0.2) is 4.99 Å². The summed E-state index contributed by atoms with van der Waals surface area (Å²) in [6.45, 7) is 7.50. The Morgan fingerprint density at radius 1 is 1.24 bits per heavy atom. The lowest BCUT2D eigenvalue weighted by molar-refractivity contribution is -0.143. The number of aliphatic hydroxyl groups is 1.